The summed E-state index contributed by atoms with van der Waals surface area (Å²) in [6, 6.07) is 5.38. The van der Waals surface area contributed by atoms with Gasteiger partial charge >= 0.3 is 0 Å². The van der Waals surface area contributed by atoms with Crippen molar-refractivity contribution in [2.24, 2.45) is 0 Å². The number of halogens is 1. The molecule has 0 unspecified atom stereocenters. The van der Waals surface area contributed by atoms with E-state index < -0.39 is 0 Å². The molecule has 2 N–H and O–H groups in total. The zero-order chi connectivity index (χ0) is 12.0. The lowest BCUT2D eigenvalue weighted by Gasteiger charge is -2.09. The van der Waals surface area contributed by atoms with Crippen molar-refractivity contribution in [3.05, 3.63) is 28.2 Å². The third-order valence-electron chi connectivity index (χ3n) is 2.06. The number of ether oxygens (including phenoxy) is 1. The van der Waals surface area contributed by atoms with Crippen LogP contribution >= 0.6 is 15.9 Å². The van der Waals surface area contributed by atoms with Gasteiger partial charge in [-0.25, -0.2) is 0 Å². The first-order valence-electron chi connectivity index (χ1n) is 4.90. The predicted octanol–water partition coefficient (Wildman–Crippen LogP) is 1.46. The van der Waals surface area contributed by atoms with Gasteiger partial charge in [-0.2, -0.15) is 0 Å². The van der Waals surface area contributed by atoms with E-state index >= 15 is 0 Å². The minimum Gasteiger partial charge on any atom is -0.493 e. The van der Waals surface area contributed by atoms with E-state index in [1.54, 1.807) is 19.2 Å². The van der Waals surface area contributed by atoms with Crippen molar-refractivity contribution in [2.75, 3.05) is 13.7 Å². The fourth-order valence-electron chi connectivity index (χ4n) is 1.19. The molecule has 0 fully saturated rings. The number of nitrogens with one attached hydrogen (secondary N) is 1. The third-order valence-corrected chi connectivity index (χ3v) is 2.55. The minimum atomic E-state index is -0.0885. The first-order valence-corrected chi connectivity index (χ1v) is 5.69. The normalized spacial score (nSPS) is 9.94. The highest BCUT2D eigenvalue weighted by Crippen LogP contribution is 2.23. The van der Waals surface area contributed by atoms with E-state index in [1.807, 2.05) is 6.07 Å². The van der Waals surface area contributed by atoms with Crippen LogP contribution in [0.4, 0.5) is 0 Å². The molecule has 0 spiro atoms. The van der Waals surface area contributed by atoms with Gasteiger partial charge in [0.2, 0.25) is 5.91 Å². The lowest BCUT2D eigenvalue weighted by atomic mass is 10.2. The second kappa shape index (κ2) is 6.50. The Hall–Kier alpha value is -1.07. The molecule has 1 rings (SSSR count). The number of carbonyl (C=O) groups is 1. The van der Waals surface area contributed by atoms with Gasteiger partial charge in [-0.15, -0.1) is 0 Å². The number of amides is 1. The van der Waals surface area contributed by atoms with Crippen LogP contribution in [0.2, 0.25) is 0 Å². The molecule has 0 atom stereocenters. The lowest BCUT2D eigenvalue weighted by molar-refractivity contribution is -0.121. The van der Waals surface area contributed by atoms with Gasteiger partial charge in [-0.1, -0.05) is 15.9 Å². The van der Waals surface area contributed by atoms with Gasteiger partial charge in [-0.05, 0) is 18.2 Å². The topological polar surface area (TPSA) is 58.6 Å². The number of rotatable bonds is 5. The fraction of sp³-hybridized carbons (Fsp3) is 0.364. The average molecular weight is 288 g/mol. The standard InChI is InChI=1S/C11H14BrNO3/c1-13-11(15)4-5-16-10-3-2-9(12)6-8(10)7-14/h2-3,6,14H,4-5,7H2,1H3,(H,13,15). The van der Waals surface area contributed by atoms with Crippen molar-refractivity contribution in [3.63, 3.8) is 0 Å². The summed E-state index contributed by atoms with van der Waals surface area (Å²) in [5.74, 6) is 0.539. The van der Waals surface area contributed by atoms with Crippen LogP contribution in [0.3, 0.4) is 0 Å². The monoisotopic (exact) mass is 287 g/mol. The molecule has 16 heavy (non-hydrogen) atoms. The maximum absolute atomic E-state index is 11.0. The summed E-state index contributed by atoms with van der Waals surface area (Å²) >= 11 is 3.31. The Bertz CT molecular complexity index is 368. The first kappa shape index (κ1) is 13.0. The molecule has 0 saturated heterocycles. The van der Waals surface area contributed by atoms with E-state index in [-0.39, 0.29) is 12.5 Å². The van der Waals surface area contributed by atoms with Crippen LogP contribution in [0, 0.1) is 0 Å². The summed E-state index contributed by atoms with van der Waals surface area (Å²) in [6.07, 6.45) is 0.303. The van der Waals surface area contributed by atoms with Crippen molar-refractivity contribution < 1.29 is 14.6 Å². The predicted molar refractivity (Wildman–Crippen MR) is 64.2 cm³/mol. The van der Waals surface area contributed by atoms with Gasteiger partial charge in [-0.3, -0.25) is 4.79 Å². The molecule has 0 bridgehead atoms. The number of hydrogen-bond acceptors (Lipinski definition) is 3. The number of hydrogen-bond donors (Lipinski definition) is 2. The SMILES string of the molecule is CNC(=O)CCOc1ccc(Br)cc1CO. The van der Waals surface area contributed by atoms with E-state index in [1.165, 1.54) is 0 Å². The van der Waals surface area contributed by atoms with E-state index in [2.05, 4.69) is 21.2 Å². The minimum absolute atomic E-state index is 0.0670. The Labute approximate surface area is 103 Å². The molecule has 1 aromatic rings. The average Bonchev–Trinajstić information content (AvgIpc) is 2.30. The molecule has 0 heterocycles. The summed E-state index contributed by atoms with van der Waals surface area (Å²) in [4.78, 5) is 11.0. The van der Waals surface area contributed by atoms with Crippen LogP contribution < -0.4 is 10.1 Å². The van der Waals surface area contributed by atoms with Gasteiger partial charge in [0.1, 0.15) is 5.75 Å². The molecule has 0 aliphatic carbocycles. The van der Waals surface area contributed by atoms with E-state index in [0.717, 1.165) is 4.47 Å². The molecule has 0 saturated carbocycles. The molecule has 1 aromatic carbocycles. The number of benzene rings is 1. The Kier molecular flexibility index (Phi) is 5.28. The zero-order valence-electron chi connectivity index (χ0n) is 9.00. The highest BCUT2D eigenvalue weighted by Gasteiger charge is 2.04. The summed E-state index contributed by atoms with van der Waals surface area (Å²) in [7, 11) is 1.58. The Morgan fingerprint density at radius 1 is 1.56 bits per heavy atom. The Balaban J connectivity index is 2.56. The van der Waals surface area contributed by atoms with Gasteiger partial charge in [0.25, 0.3) is 0 Å². The summed E-state index contributed by atoms with van der Waals surface area (Å²) < 4.78 is 6.30. The zero-order valence-corrected chi connectivity index (χ0v) is 10.6. The lowest BCUT2D eigenvalue weighted by Crippen LogP contribution is -2.20. The molecule has 88 valence electrons. The van der Waals surface area contributed by atoms with Crippen molar-refractivity contribution in [3.8, 4) is 5.75 Å². The van der Waals surface area contributed by atoms with Crippen LogP contribution in [-0.2, 0) is 11.4 Å². The summed E-state index contributed by atoms with van der Waals surface area (Å²) in [6.45, 7) is 0.211. The third kappa shape index (κ3) is 3.83. The van der Waals surface area contributed by atoms with Crippen LogP contribution in [-0.4, -0.2) is 24.7 Å². The molecule has 1 amide bonds. The van der Waals surface area contributed by atoms with Crippen molar-refractivity contribution in [1.82, 2.24) is 5.32 Å². The van der Waals surface area contributed by atoms with Gasteiger partial charge < -0.3 is 15.2 Å². The Morgan fingerprint density at radius 2 is 2.31 bits per heavy atom. The van der Waals surface area contributed by atoms with Crippen molar-refractivity contribution >= 4 is 21.8 Å². The molecule has 0 aliphatic heterocycles. The fourth-order valence-corrected chi connectivity index (χ4v) is 1.60. The maximum Gasteiger partial charge on any atom is 0.223 e. The molecule has 5 heteroatoms. The number of aliphatic hydroxyl groups excluding tert-OH is 1. The second-order valence-corrected chi connectivity index (χ2v) is 4.10. The summed E-state index contributed by atoms with van der Waals surface area (Å²) in [5.41, 5.74) is 0.700. The van der Waals surface area contributed by atoms with Crippen molar-refractivity contribution in [2.45, 2.75) is 13.0 Å². The highest BCUT2D eigenvalue weighted by molar-refractivity contribution is 9.10. The van der Waals surface area contributed by atoms with Crippen LogP contribution in [0.5, 0.6) is 5.75 Å². The first-order chi connectivity index (χ1) is 7.67. The van der Waals surface area contributed by atoms with E-state index in [4.69, 9.17) is 9.84 Å². The quantitative estimate of drug-likeness (QED) is 0.862. The number of aliphatic hydroxyl groups is 1. The highest BCUT2D eigenvalue weighted by atomic mass is 79.9. The smallest absolute Gasteiger partial charge is 0.223 e. The van der Waals surface area contributed by atoms with Crippen molar-refractivity contribution in [1.29, 1.82) is 0 Å². The molecule has 0 radical (unpaired) electrons. The molecule has 4 nitrogen and oxygen atoms in total. The summed E-state index contributed by atoms with van der Waals surface area (Å²) in [5, 5.41) is 11.6. The van der Waals surface area contributed by atoms with Crippen LogP contribution in [0.25, 0.3) is 0 Å². The molecular weight excluding hydrogens is 274 g/mol. The van der Waals surface area contributed by atoms with E-state index in [0.29, 0.717) is 24.3 Å². The maximum atomic E-state index is 11.0. The second-order valence-electron chi connectivity index (χ2n) is 3.18. The Morgan fingerprint density at radius 3 is 2.94 bits per heavy atom. The van der Waals surface area contributed by atoms with Gasteiger partial charge in [0.15, 0.2) is 0 Å². The van der Waals surface area contributed by atoms with Gasteiger partial charge in [0.05, 0.1) is 19.6 Å². The largest absolute Gasteiger partial charge is 0.493 e. The molecular formula is C11H14BrNO3. The van der Waals surface area contributed by atoms with Crippen LogP contribution in [0.1, 0.15) is 12.0 Å². The molecule has 0 aromatic heterocycles. The molecule has 0 aliphatic rings. The van der Waals surface area contributed by atoms with E-state index in [9.17, 15) is 4.79 Å². The van der Waals surface area contributed by atoms with Crippen LogP contribution in [0.15, 0.2) is 22.7 Å². The number of carbonyl (C=O) groups excluding carboxylic acids is 1. The van der Waals surface area contributed by atoms with Gasteiger partial charge in [0, 0.05) is 17.1 Å².